The van der Waals surface area contributed by atoms with E-state index in [4.69, 9.17) is 9.47 Å². The van der Waals surface area contributed by atoms with E-state index in [9.17, 15) is 4.79 Å². The minimum absolute atomic E-state index is 0.168. The molecule has 1 fully saturated rings. The Bertz CT molecular complexity index is 482. The van der Waals surface area contributed by atoms with Crippen LogP contribution in [0, 0.1) is 0 Å². The van der Waals surface area contributed by atoms with Gasteiger partial charge >= 0.3 is 0 Å². The maximum Gasteiger partial charge on any atom is 0.231 e. The lowest BCUT2D eigenvalue weighted by atomic mass is 10.0. The van der Waals surface area contributed by atoms with E-state index in [0.717, 1.165) is 43.1 Å². The zero-order valence-corrected chi connectivity index (χ0v) is 11.0. The zero-order valence-electron chi connectivity index (χ0n) is 11.0. The van der Waals surface area contributed by atoms with E-state index in [1.165, 1.54) is 0 Å². The number of nitrogens with zero attached hydrogens (tertiary/aromatic N) is 1. The summed E-state index contributed by atoms with van der Waals surface area (Å²) in [5.74, 6) is 1.77. The smallest absolute Gasteiger partial charge is 0.231 e. The molecular weight excluding hydrogens is 244 g/mol. The van der Waals surface area contributed by atoms with E-state index in [2.05, 4.69) is 5.32 Å². The Balaban J connectivity index is 1.59. The quantitative estimate of drug-likeness (QED) is 0.883. The first-order valence-corrected chi connectivity index (χ1v) is 6.64. The van der Waals surface area contributed by atoms with Crippen LogP contribution in [0.15, 0.2) is 18.2 Å². The van der Waals surface area contributed by atoms with Crippen molar-refractivity contribution in [3.63, 3.8) is 0 Å². The van der Waals surface area contributed by atoms with E-state index in [1.54, 1.807) is 6.92 Å². The van der Waals surface area contributed by atoms with Gasteiger partial charge in [-0.1, -0.05) is 0 Å². The highest BCUT2D eigenvalue weighted by Crippen LogP contribution is 2.34. The molecule has 0 saturated carbocycles. The van der Waals surface area contributed by atoms with Gasteiger partial charge in [-0.25, -0.2) is 0 Å². The Kier molecular flexibility index (Phi) is 3.19. The lowest BCUT2D eigenvalue weighted by Gasteiger charge is -2.32. The summed E-state index contributed by atoms with van der Waals surface area (Å²) < 4.78 is 10.7. The molecule has 0 bridgehead atoms. The van der Waals surface area contributed by atoms with Crippen LogP contribution in [0.5, 0.6) is 11.5 Å². The van der Waals surface area contributed by atoms with Crippen molar-refractivity contribution in [1.29, 1.82) is 0 Å². The molecule has 2 aliphatic heterocycles. The third-order valence-electron chi connectivity index (χ3n) is 3.68. The molecule has 1 saturated heterocycles. The summed E-state index contributed by atoms with van der Waals surface area (Å²) in [5, 5.41) is 3.50. The predicted octanol–water partition coefficient (Wildman–Crippen LogP) is 1.84. The van der Waals surface area contributed by atoms with E-state index >= 15 is 0 Å². The van der Waals surface area contributed by atoms with Gasteiger partial charge in [0.25, 0.3) is 0 Å². The molecular formula is C14H18N2O3. The molecule has 0 spiro atoms. The van der Waals surface area contributed by atoms with Crippen molar-refractivity contribution in [2.75, 3.05) is 25.2 Å². The van der Waals surface area contributed by atoms with Crippen LogP contribution in [-0.4, -0.2) is 36.7 Å². The molecule has 0 radical (unpaired) electrons. The Morgan fingerprint density at radius 2 is 2.00 bits per heavy atom. The van der Waals surface area contributed by atoms with Gasteiger partial charge in [-0.3, -0.25) is 4.79 Å². The van der Waals surface area contributed by atoms with Gasteiger partial charge in [-0.05, 0) is 25.0 Å². The minimum atomic E-state index is 0.168. The van der Waals surface area contributed by atoms with E-state index < -0.39 is 0 Å². The molecule has 0 unspecified atom stereocenters. The molecule has 0 atom stereocenters. The Morgan fingerprint density at radius 3 is 2.74 bits per heavy atom. The summed E-state index contributed by atoms with van der Waals surface area (Å²) in [5.41, 5.74) is 1.05. The minimum Gasteiger partial charge on any atom is -0.454 e. The second-order valence-corrected chi connectivity index (χ2v) is 4.99. The first kappa shape index (κ1) is 12.1. The molecule has 102 valence electrons. The molecule has 1 aromatic carbocycles. The van der Waals surface area contributed by atoms with Gasteiger partial charge in [0.1, 0.15) is 0 Å². The number of carbonyl (C=O) groups is 1. The Morgan fingerprint density at radius 1 is 1.26 bits per heavy atom. The molecule has 2 aliphatic rings. The summed E-state index contributed by atoms with van der Waals surface area (Å²) in [6.45, 7) is 3.59. The molecule has 3 rings (SSSR count). The highest BCUT2D eigenvalue weighted by Gasteiger charge is 2.21. The highest BCUT2D eigenvalue weighted by atomic mass is 16.7. The second-order valence-electron chi connectivity index (χ2n) is 4.99. The number of fused-ring (bicyclic) bond motifs is 1. The summed E-state index contributed by atoms with van der Waals surface area (Å²) in [6.07, 6.45) is 1.96. The molecule has 5 nitrogen and oxygen atoms in total. The molecule has 1 aromatic rings. The number of carbonyl (C=O) groups excluding carboxylic acids is 1. The number of ether oxygens (including phenoxy) is 2. The fourth-order valence-electron chi connectivity index (χ4n) is 2.56. The van der Waals surface area contributed by atoms with Gasteiger partial charge in [-0.2, -0.15) is 0 Å². The van der Waals surface area contributed by atoms with Crippen molar-refractivity contribution >= 4 is 11.6 Å². The van der Waals surface area contributed by atoms with Crippen LogP contribution in [0.1, 0.15) is 19.8 Å². The van der Waals surface area contributed by atoms with Crippen LogP contribution in [0.2, 0.25) is 0 Å². The Labute approximate surface area is 112 Å². The van der Waals surface area contributed by atoms with Gasteiger partial charge < -0.3 is 19.7 Å². The number of nitrogens with one attached hydrogen (secondary N) is 1. The lowest BCUT2D eigenvalue weighted by molar-refractivity contribution is -0.129. The highest BCUT2D eigenvalue weighted by molar-refractivity contribution is 5.73. The number of hydrogen-bond donors (Lipinski definition) is 1. The van der Waals surface area contributed by atoms with Crippen LogP contribution < -0.4 is 14.8 Å². The molecule has 2 heterocycles. The van der Waals surface area contributed by atoms with Crippen LogP contribution in [0.4, 0.5) is 5.69 Å². The van der Waals surface area contributed by atoms with E-state index in [-0.39, 0.29) is 5.91 Å². The van der Waals surface area contributed by atoms with Gasteiger partial charge in [-0.15, -0.1) is 0 Å². The van der Waals surface area contributed by atoms with Crippen molar-refractivity contribution in [1.82, 2.24) is 4.90 Å². The molecule has 0 aliphatic carbocycles. The Hall–Kier alpha value is -1.91. The van der Waals surface area contributed by atoms with Crippen LogP contribution in [-0.2, 0) is 4.79 Å². The van der Waals surface area contributed by atoms with Gasteiger partial charge in [0.05, 0.1) is 0 Å². The van der Waals surface area contributed by atoms with Crippen molar-refractivity contribution in [3.05, 3.63) is 18.2 Å². The third-order valence-corrected chi connectivity index (χ3v) is 3.68. The third kappa shape index (κ3) is 2.59. The average molecular weight is 262 g/mol. The molecule has 1 amide bonds. The van der Waals surface area contributed by atoms with E-state index in [1.807, 2.05) is 23.1 Å². The second kappa shape index (κ2) is 4.99. The normalized spacial score (nSPS) is 18.5. The largest absolute Gasteiger partial charge is 0.454 e. The van der Waals surface area contributed by atoms with Gasteiger partial charge in [0.15, 0.2) is 11.5 Å². The molecule has 19 heavy (non-hydrogen) atoms. The molecule has 5 heteroatoms. The number of piperidine rings is 1. The number of benzene rings is 1. The number of anilines is 1. The van der Waals surface area contributed by atoms with Crippen LogP contribution >= 0.6 is 0 Å². The SMILES string of the molecule is CC(=O)N1CCC(Nc2ccc3c(c2)OCO3)CC1. The topological polar surface area (TPSA) is 50.8 Å². The van der Waals surface area contributed by atoms with Gasteiger partial charge in [0, 0.05) is 37.8 Å². The molecule has 1 N–H and O–H groups in total. The van der Waals surface area contributed by atoms with Crippen LogP contribution in [0.3, 0.4) is 0 Å². The predicted molar refractivity (Wildman–Crippen MR) is 71.5 cm³/mol. The number of hydrogen-bond acceptors (Lipinski definition) is 4. The van der Waals surface area contributed by atoms with Crippen LogP contribution in [0.25, 0.3) is 0 Å². The first-order chi connectivity index (χ1) is 9.22. The lowest BCUT2D eigenvalue weighted by Crippen LogP contribution is -2.41. The molecule has 0 aromatic heterocycles. The van der Waals surface area contributed by atoms with Crippen molar-refractivity contribution in [2.45, 2.75) is 25.8 Å². The fraction of sp³-hybridized carbons (Fsp3) is 0.500. The number of amides is 1. The fourth-order valence-corrected chi connectivity index (χ4v) is 2.56. The number of likely N-dealkylation sites (tertiary alicyclic amines) is 1. The number of rotatable bonds is 2. The van der Waals surface area contributed by atoms with Crippen molar-refractivity contribution in [2.24, 2.45) is 0 Å². The first-order valence-electron chi connectivity index (χ1n) is 6.64. The maximum absolute atomic E-state index is 11.3. The maximum atomic E-state index is 11.3. The monoisotopic (exact) mass is 262 g/mol. The van der Waals surface area contributed by atoms with Gasteiger partial charge in [0.2, 0.25) is 12.7 Å². The van der Waals surface area contributed by atoms with Crippen molar-refractivity contribution in [3.8, 4) is 11.5 Å². The van der Waals surface area contributed by atoms with E-state index in [0.29, 0.717) is 12.8 Å². The zero-order chi connectivity index (χ0) is 13.2. The summed E-state index contributed by atoms with van der Waals surface area (Å²) in [7, 11) is 0. The summed E-state index contributed by atoms with van der Waals surface area (Å²) in [4.78, 5) is 13.2. The van der Waals surface area contributed by atoms with Crippen molar-refractivity contribution < 1.29 is 14.3 Å². The average Bonchev–Trinajstić information content (AvgIpc) is 2.87. The summed E-state index contributed by atoms with van der Waals surface area (Å²) in [6, 6.07) is 6.32. The standard InChI is InChI=1S/C14H18N2O3/c1-10(17)16-6-4-11(5-7-16)15-12-2-3-13-14(8-12)19-9-18-13/h2-3,8,11,15H,4-7,9H2,1H3. The summed E-state index contributed by atoms with van der Waals surface area (Å²) >= 11 is 0.